The van der Waals surface area contributed by atoms with Gasteiger partial charge in [-0.25, -0.2) is 0 Å². The minimum Gasteiger partial charge on any atom is -0.461 e. The molecule has 0 aliphatic carbocycles. The minimum atomic E-state index is -0.677. The van der Waals surface area contributed by atoms with Gasteiger partial charge < -0.3 is 29.8 Å². The molecular formula is C31H40N6O4. The summed E-state index contributed by atoms with van der Waals surface area (Å²) in [5.41, 5.74) is 1.35. The normalized spacial score (nSPS) is 21.0. The van der Waals surface area contributed by atoms with Crippen LogP contribution in [0.3, 0.4) is 0 Å². The van der Waals surface area contributed by atoms with E-state index < -0.39 is 6.04 Å². The standard InChI is InChI=1S/C31H40N6O4/c1-21-10-15-36(16-11-21)30(39)25(19-32)29(33-24-8-9-27-23(18-24)17-22(2)41-27)34-26-7-3-4-14-37(31(26)40)20-28(38)35-12-5-6-13-35/h8-9,17-18,21,26,33-34H,3-7,10-16,20H2,1-2H3/b29-25+/t26-/m0/s1. The van der Waals surface area contributed by atoms with E-state index in [1.165, 1.54) is 0 Å². The molecule has 218 valence electrons. The van der Waals surface area contributed by atoms with Crippen molar-refractivity contribution < 1.29 is 18.8 Å². The first-order valence-electron chi connectivity index (χ1n) is 14.9. The molecule has 5 rings (SSSR count). The van der Waals surface area contributed by atoms with Gasteiger partial charge in [0.05, 0.1) is 6.54 Å². The summed E-state index contributed by atoms with van der Waals surface area (Å²) < 4.78 is 5.70. The zero-order valence-electron chi connectivity index (χ0n) is 24.1. The third kappa shape index (κ3) is 6.67. The van der Waals surface area contributed by atoms with E-state index in [1.807, 2.05) is 36.1 Å². The number of fused-ring (bicyclic) bond motifs is 1. The maximum Gasteiger partial charge on any atom is 0.268 e. The number of nitriles is 1. The van der Waals surface area contributed by atoms with Gasteiger partial charge in [0.25, 0.3) is 5.91 Å². The van der Waals surface area contributed by atoms with Crippen molar-refractivity contribution in [2.24, 2.45) is 5.92 Å². The first-order valence-corrected chi connectivity index (χ1v) is 14.9. The number of nitrogens with zero attached hydrogens (tertiary/aromatic N) is 4. The molecule has 3 saturated heterocycles. The lowest BCUT2D eigenvalue weighted by molar-refractivity contribution is -0.140. The van der Waals surface area contributed by atoms with Gasteiger partial charge in [0.2, 0.25) is 11.8 Å². The fraction of sp³-hybridized carbons (Fsp3) is 0.548. The van der Waals surface area contributed by atoms with Crippen LogP contribution in [-0.2, 0) is 14.4 Å². The molecule has 10 nitrogen and oxygen atoms in total. The second-order valence-electron chi connectivity index (χ2n) is 11.6. The van der Waals surface area contributed by atoms with Gasteiger partial charge in [-0.15, -0.1) is 0 Å². The first-order chi connectivity index (χ1) is 19.8. The number of aryl methyl sites for hydroxylation is 1. The van der Waals surface area contributed by atoms with Gasteiger partial charge in [-0.2, -0.15) is 5.26 Å². The fourth-order valence-electron chi connectivity index (χ4n) is 5.95. The van der Waals surface area contributed by atoms with E-state index in [2.05, 4.69) is 23.6 Å². The molecule has 4 heterocycles. The Labute approximate surface area is 241 Å². The molecule has 41 heavy (non-hydrogen) atoms. The quantitative estimate of drug-likeness (QED) is 0.391. The van der Waals surface area contributed by atoms with Crippen LogP contribution >= 0.6 is 0 Å². The largest absolute Gasteiger partial charge is 0.461 e. The summed E-state index contributed by atoms with van der Waals surface area (Å²) in [4.78, 5) is 45.4. The molecule has 1 aromatic heterocycles. The zero-order chi connectivity index (χ0) is 28.9. The highest BCUT2D eigenvalue weighted by atomic mass is 16.3. The minimum absolute atomic E-state index is 0.0266. The van der Waals surface area contributed by atoms with E-state index in [-0.39, 0.29) is 35.7 Å². The summed E-state index contributed by atoms with van der Waals surface area (Å²) in [7, 11) is 0. The van der Waals surface area contributed by atoms with E-state index in [1.54, 1.807) is 9.80 Å². The molecule has 3 fully saturated rings. The van der Waals surface area contributed by atoms with Gasteiger partial charge in [-0.1, -0.05) is 6.92 Å². The molecule has 0 saturated carbocycles. The van der Waals surface area contributed by atoms with Crippen LogP contribution in [0.4, 0.5) is 5.69 Å². The SMILES string of the molecule is Cc1cc2cc(N/C(N[C@H]3CCCCN(CC(=O)N4CCCC4)C3=O)=C(/C#N)C(=O)N3CCC(C)CC3)ccc2o1. The third-order valence-electron chi connectivity index (χ3n) is 8.44. The predicted octanol–water partition coefficient (Wildman–Crippen LogP) is 3.74. The molecule has 3 amide bonds. The Kier molecular flexibility index (Phi) is 8.81. The monoisotopic (exact) mass is 560 g/mol. The Balaban J connectivity index is 1.42. The van der Waals surface area contributed by atoms with Gasteiger partial charge in [0.15, 0.2) is 5.57 Å². The highest BCUT2D eigenvalue weighted by Gasteiger charge is 2.33. The summed E-state index contributed by atoms with van der Waals surface area (Å²) >= 11 is 0. The second-order valence-corrected chi connectivity index (χ2v) is 11.6. The number of anilines is 1. The molecule has 1 aromatic carbocycles. The zero-order valence-corrected chi connectivity index (χ0v) is 24.1. The van der Waals surface area contributed by atoms with Crippen molar-refractivity contribution in [2.45, 2.75) is 64.8 Å². The number of amides is 3. The molecule has 2 N–H and O–H groups in total. The van der Waals surface area contributed by atoms with Crippen molar-refractivity contribution in [2.75, 3.05) is 44.6 Å². The number of furan rings is 1. The Morgan fingerprint density at radius 1 is 1.00 bits per heavy atom. The number of carbonyl (C=O) groups excluding carboxylic acids is 3. The van der Waals surface area contributed by atoms with Gasteiger partial charge in [0.1, 0.15) is 29.3 Å². The molecule has 0 radical (unpaired) electrons. The fourth-order valence-corrected chi connectivity index (χ4v) is 5.95. The second kappa shape index (κ2) is 12.7. The summed E-state index contributed by atoms with van der Waals surface area (Å²) in [5, 5.41) is 17.7. The highest BCUT2D eigenvalue weighted by Crippen LogP contribution is 2.25. The number of hydrogen-bond donors (Lipinski definition) is 2. The summed E-state index contributed by atoms with van der Waals surface area (Å²) in [6, 6.07) is 8.93. The van der Waals surface area contributed by atoms with Gasteiger partial charge in [0, 0.05) is 43.8 Å². The number of piperidine rings is 1. The van der Waals surface area contributed by atoms with Gasteiger partial charge in [-0.05, 0) is 82.1 Å². The Hall–Kier alpha value is -4.00. The number of nitrogens with one attached hydrogen (secondary N) is 2. The Morgan fingerprint density at radius 2 is 1.73 bits per heavy atom. The first kappa shape index (κ1) is 28.5. The van der Waals surface area contributed by atoms with Crippen molar-refractivity contribution in [3.8, 4) is 6.07 Å². The van der Waals surface area contributed by atoms with E-state index in [4.69, 9.17) is 4.42 Å². The summed E-state index contributed by atoms with van der Waals surface area (Å²) in [6.45, 7) is 7.27. The molecule has 0 bridgehead atoms. The molecule has 10 heteroatoms. The van der Waals surface area contributed by atoms with Crippen LogP contribution in [0.25, 0.3) is 11.0 Å². The van der Waals surface area contributed by atoms with Crippen LogP contribution in [0.2, 0.25) is 0 Å². The van der Waals surface area contributed by atoms with Crippen LogP contribution in [0, 0.1) is 24.2 Å². The van der Waals surface area contributed by atoms with Crippen molar-refractivity contribution in [3.05, 3.63) is 41.4 Å². The lowest BCUT2D eigenvalue weighted by Crippen LogP contribution is -2.50. The smallest absolute Gasteiger partial charge is 0.268 e. The van der Waals surface area contributed by atoms with Crippen molar-refractivity contribution >= 4 is 34.4 Å². The Morgan fingerprint density at radius 3 is 2.46 bits per heavy atom. The lowest BCUT2D eigenvalue weighted by Gasteiger charge is -2.31. The predicted molar refractivity (Wildman–Crippen MR) is 155 cm³/mol. The molecule has 3 aliphatic heterocycles. The molecule has 0 spiro atoms. The topological polar surface area (TPSA) is 122 Å². The van der Waals surface area contributed by atoms with Gasteiger partial charge >= 0.3 is 0 Å². The average molecular weight is 561 g/mol. The molecule has 3 aliphatic rings. The van der Waals surface area contributed by atoms with Crippen LogP contribution in [0.5, 0.6) is 0 Å². The van der Waals surface area contributed by atoms with Crippen LogP contribution < -0.4 is 10.6 Å². The maximum absolute atomic E-state index is 13.7. The van der Waals surface area contributed by atoms with Crippen molar-refractivity contribution in [1.82, 2.24) is 20.0 Å². The van der Waals surface area contributed by atoms with E-state index in [0.717, 1.165) is 68.3 Å². The van der Waals surface area contributed by atoms with E-state index in [0.29, 0.717) is 37.7 Å². The molecule has 1 atom stereocenters. The van der Waals surface area contributed by atoms with Crippen LogP contribution in [0.1, 0.15) is 57.6 Å². The third-order valence-corrected chi connectivity index (χ3v) is 8.44. The molecule has 2 aromatic rings. The van der Waals surface area contributed by atoms with Crippen molar-refractivity contribution in [1.29, 1.82) is 5.26 Å². The summed E-state index contributed by atoms with van der Waals surface area (Å²) in [5.74, 6) is 0.963. The lowest BCUT2D eigenvalue weighted by atomic mass is 9.98. The summed E-state index contributed by atoms with van der Waals surface area (Å²) in [6.07, 6.45) is 5.87. The number of hydrogen-bond acceptors (Lipinski definition) is 7. The maximum atomic E-state index is 13.7. The Bertz CT molecular complexity index is 1360. The average Bonchev–Trinajstić information content (AvgIpc) is 3.59. The number of benzene rings is 1. The number of rotatable bonds is 7. The van der Waals surface area contributed by atoms with Crippen LogP contribution in [0.15, 0.2) is 40.1 Å². The molecular weight excluding hydrogens is 520 g/mol. The van der Waals surface area contributed by atoms with Gasteiger partial charge in [-0.3, -0.25) is 14.4 Å². The number of carbonyl (C=O) groups is 3. The van der Waals surface area contributed by atoms with E-state index >= 15 is 0 Å². The molecule has 0 unspecified atom stereocenters. The highest BCUT2D eigenvalue weighted by molar-refractivity contribution is 5.99. The number of likely N-dealkylation sites (tertiary alicyclic amines) is 3. The van der Waals surface area contributed by atoms with Crippen LogP contribution in [-0.4, -0.2) is 77.7 Å². The van der Waals surface area contributed by atoms with Crippen molar-refractivity contribution in [3.63, 3.8) is 0 Å². The van der Waals surface area contributed by atoms with E-state index in [9.17, 15) is 19.6 Å².